The van der Waals surface area contributed by atoms with Gasteiger partial charge in [0.2, 0.25) is 0 Å². The summed E-state index contributed by atoms with van der Waals surface area (Å²) in [6, 6.07) is 0. The van der Waals surface area contributed by atoms with Crippen molar-refractivity contribution in [2.45, 2.75) is 18.4 Å². The molecule has 0 aromatic carbocycles. The first-order chi connectivity index (χ1) is 8.14. The molecule has 4 nitrogen and oxygen atoms in total. The van der Waals surface area contributed by atoms with E-state index in [1.54, 1.807) is 6.08 Å². The van der Waals surface area contributed by atoms with E-state index < -0.39 is 5.97 Å². The van der Waals surface area contributed by atoms with Crippen LogP contribution < -0.4 is 5.73 Å². The Kier molecular flexibility index (Phi) is 3.22. The first kappa shape index (κ1) is 12.1. The lowest BCUT2D eigenvalue weighted by Crippen LogP contribution is -2.14. The number of esters is 1. The Bertz CT molecular complexity index is 449. The second-order valence-corrected chi connectivity index (χ2v) is 4.86. The summed E-state index contributed by atoms with van der Waals surface area (Å²) >= 11 is 1.30. The van der Waals surface area contributed by atoms with Crippen LogP contribution in [0.5, 0.6) is 0 Å². The second kappa shape index (κ2) is 4.50. The molecule has 2 N–H and O–H groups in total. The predicted octanol–water partition coefficient (Wildman–Crippen LogP) is 2.31. The van der Waals surface area contributed by atoms with Crippen LogP contribution in [0, 0.1) is 0 Å². The Morgan fingerprint density at radius 2 is 2.41 bits per heavy atom. The van der Waals surface area contributed by atoms with Gasteiger partial charge in [-0.2, -0.15) is 0 Å². The molecule has 0 unspecified atom stereocenters. The van der Waals surface area contributed by atoms with Gasteiger partial charge in [0, 0.05) is 5.56 Å². The van der Waals surface area contributed by atoms with E-state index in [0.29, 0.717) is 17.2 Å². The molecule has 17 heavy (non-hydrogen) atoms. The Labute approximate surface area is 104 Å². The van der Waals surface area contributed by atoms with Crippen molar-refractivity contribution in [3.63, 3.8) is 0 Å². The molecule has 0 aliphatic heterocycles. The second-order valence-electron chi connectivity index (χ2n) is 3.98. The number of anilines is 1. The molecule has 2 rings (SSSR count). The van der Waals surface area contributed by atoms with Gasteiger partial charge in [0.25, 0.3) is 0 Å². The van der Waals surface area contributed by atoms with E-state index in [-0.39, 0.29) is 5.60 Å². The zero-order valence-electron chi connectivity index (χ0n) is 9.69. The van der Waals surface area contributed by atoms with Crippen molar-refractivity contribution in [1.82, 2.24) is 0 Å². The van der Waals surface area contributed by atoms with Gasteiger partial charge in [-0.05, 0) is 18.2 Å². The van der Waals surface area contributed by atoms with Crippen LogP contribution in [-0.4, -0.2) is 19.7 Å². The summed E-state index contributed by atoms with van der Waals surface area (Å²) in [5.41, 5.74) is 7.07. The zero-order valence-corrected chi connectivity index (χ0v) is 10.5. The topological polar surface area (TPSA) is 61.5 Å². The van der Waals surface area contributed by atoms with E-state index in [1.807, 2.05) is 5.38 Å². The third kappa shape index (κ3) is 2.08. The van der Waals surface area contributed by atoms with E-state index in [2.05, 4.69) is 11.3 Å². The molecule has 0 radical (unpaired) electrons. The number of thiophene rings is 1. The average Bonchev–Trinajstić information content (AvgIpc) is 3.02. The number of nitrogen functional groups attached to an aromatic ring is 1. The minimum absolute atomic E-state index is 0.305. The first-order valence-corrected chi connectivity index (χ1v) is 6.23. The number of nitrogens with two attached hydrogens (primary N) is 1. The number of hydrogen-bond acceptors (Lipinski definition) is 5. The van der Waals surface area contributed by atoms with Gasteiger partial charge in [-0.3, -0.25) is 0 Å². The summed E-state index contributed by atoms with van der Waals surface area (Å²) in [6.07, 6.45) is 3.58. The van der Waals surface area contributed by atoms with Crippen LogP contribution in [0.2, 0.25) is 0 Å². The monoisotopic (exact) mass is 253 g/mol. The lowest BCUT2D eigenvalue weighted by atomic mass is 10.1. The van der Waals surface area contributed by atoms with Crippen LogP contribution in [0.15, 0.2) is 18.0 Å². The van der Waals surface area contributed by atoms with Crippen molar-refractivity contribution in [3.05, 3.63) is 28.5 Å². The standard InChI is InChI=1S/C12H15NO3S/c1-3-6-16-12(4-5-12)8-7-17-10(9(8)13)11(14)15-2/h3,7H,1,4-6,13H2,2H3. The van der Waals surface area contributed by atoms with Gasteiger partial charge in [0.05, 0.1) is 25.0 Å². The van der Waals surface area contributed by atoms with Gasteiger partial charge in [-0.25, -0.2) is 4.79 Å². The molecular formula is C12H15NO3S. The smallest absolute Gasteiger partial charge is 0.350 e. The van der Waals surface area contributed by atoms with E-state index >= 15 is 0 Å². The van der Waals surface area contributed by atoms with Crippen molar-refractivity contribution in [2.24, 2.45) is 0 Å². The summed E-state index contributed by atoms with van der Waals surface area (Å²) in [5.74, 6) is -0.390. The van der Waals surface area contributed by atoms with Gasteiger partial charge >= 0.3 is 5.97 Å². The number of carbonyl (C=O) groups excluding carboxylic acids is 1. The molecule has 0 amide bonds. The molecule has 1 fully saturated rings. The molecule has 1 aromatic rings. The number of ether oxygens (including phenoxy) is 2. The lowest BCUT2D eigenvalue weighted by molar-refractivity contribution is 0.0515. The van der Waals surface area contributed by atoms with E-state index in [4.69, 9.17) is 10.5 Å². The highest BCUT2D eigenvalue weighted by atomic mass is 32.1. The Balaban J connectivity index is 2.25. The maximum Gasteiger partial charge on any atom is 0.350 e. The zero-order chi connectivity index (χ0) is 12.5. The number of rotatable bonds is 5. The molecule has 1 saturated carbocycles. The van der Waals surface area contributed by atoms with Crippen LogP contribution in [-0.2, 0) is 15.1 Å². The van der Waals surface area contributed by atoms with Crippen LogP contribution in [0.3, 0.4) is 0 Å². The van der Waals surface area contributed by atoms with Crippen molar-refractivity contribution in [3.8, 4) is 0 Å². The van der Waals surface area contributed by atoms with Crippen LogP contribution >= 0.6 is 11.3 Å². The summed E-state index contributed by atoms with van der Waals surface area (Å²) in [6.45, 7) is 4.12. The minimum Gasteiger partial charge on any atom is -0.465 e. The maximum atomic E-state index is 11.5. The average molecular weight is 253 g/mol. The fraction of sp³-hybridized carbons (Fsp3) is 0.417. The Morgan fingerprint density at radius 1 is 1.71 bits per heavy atom. The Morgan fingerprint density at radius 3 is 2.94 bits per heavy atom. The minimum atomic E-state index is -0.390. The molecule has 1 aliphatic carbocycles. The fourth-order valence-electron chi connectivity index (χ4n) is 1.79. The molecule has 0 atom stereocenters. The molecule has 1 heterocycles. The number of carbonyl (C=O) groups is 1. The summed E-state index contributed by atoms with van der Waals surface area (Å²) in [4.78, 5) is 11.9. The first-order valence-electron chi connectivity index (χ1n) is 5.35. The van der Waals surface area contributed by atoms with Crippen molar-refractivity contribution >= 4 is 23.0 Å². The molecule has 1 aliphatic rings. The third-order valence-corrected chi connectivity index (χ3v) is 3.85. The quantitative estimate of drug-likeness (QED) is 0.646. The largest absolute Gasteiger partial charge is 0.465 e. The van der Waals surface area contributed by atoms with Gasteiger partial charge < -0.3 is 15.2 Å². The van der Waals surface area contributed by atoms with Crippen LogP contribution in [0.25, 0.3) is 0 Å². The molecule has 0 saturated heterocycles. The predicted molar refractivity (Wildman–Crippen MR) is 67.1 cm³/mol. The Hall–Kier alpha value is -1.33. The van der Waals surface area contributed by atoms with Gasteiger partial charge in [0.1, 0.15) is 4.88 Å². The van der Waals surface area contributed by atoms with Crippen LogP contribution in [0.1, 0.15) is 28.1 Å². The molecule has 0 bridgehead atoms. The van der Waals surface area contributed by atoms with Gasteiger partial charge in [0.15, 0.2) is 0 Å². The summed E-state index contributed by atoms with van der Waals surface area (Å²) < 4.78 is 10.4. The van der Waals surface area contributed by atoms with Crippen LogP contribution in [0.4, 0.5) is 5.69 Å². The highest BCUT2D eigenvalue weighted by molar-refractivity contribution is 7.12. The molecule has 1 aromatic heterocycles. The van der Waals surface area contributed by atoms with Crippen molar-refractivity contribution in [2.75, 3.05) is 19.5 Å². The van der Waals surface area contributed by atoms with Gasteiger partial charge in [-0.15, -0.1) is 17.9 Å². The highest BCUT2D eigenvalue weighted by Gasteiger charge is 2.48. The van der Waals surface area contributed by atoms with Gasteiger partial charge in [-0.1, -0.05) is 6.08 Å². The molecule has 5 heteroatoms. The summed E-state index contributed by atoms with van der Waals surface area (Å²) in [5, 5.41) is 1.89. The van der Waals surface area contributed by atoms with Crippen molar-refractivity contribution in [1.29, 1.82) is 0 Å². The molecule has 92 valence electrons. The summed E-state index contributed by atoms with van der Waals surface area (Å²) in [7, 11) is 1.35. The lowest BCUT2D eigenvalue weighted by Gasteiger charge is -2.15. The molecule has 0 spiro atoms. The SMILES string of the molecule is C=CCOC1(c2csc(C(=O)OC)c2N)CC1. The van der Waals surface area contributed by atoms with E-state index in [0.717, 1.165) is 18.4 Å². The fourth-order valence-corrected chi connectivity index (χ4v) is 2.79. The highest BCUT2D eigenvalue weighted by Crippen LogP contribution is 2.53. The maximum absolute atomic E-state index is 11.5. The normalized spacial score (nSPS) is 16.5. The number of hydrogen-bond donors (Lipinski definition) is 1. The third-order valence-electron chi connectivity index (χ3n) is 2.87. The molecular weight excluding hydrogens is 238 g/mol. The number of methoxy groups -OCH3 is 1. The van der Waals surface area contributed by atoms with Crippen molar-refractivity contribution < 1.29 is 14.3 Å². The van der Waals surface area contributed by atoms with E-state index in [9.17, 15) is 4.79 Å². The van der Waals surface area contributed by atoms with E-state index in [1.165, 1.54) is 18.4 Å².